The van der Waals surface area contributed by atoms with Crippen molar-refractivity contribution in [2.75, 3.05) is 11.9 Å². The lowest BCUT2D eigenvalue weighted by Crippen LogP contribution is -2.34. The van der Waals surface area contributed by atoms with Gasteiger partial charge in [-0.3, -0.25) is 14.4 Å². The Morgan fingerprint density at radius 2 is 2.16 bits per heavy atom. The smallest absolute Gasteiger partial charge is 0.310 e. The predicted octanol–water partition coefficient (Wildman–Crippen LogP) is 2.78. The van der Waals surface area contributed by atoms with Crippen LogP contribution in [0.4, 0.5) is 5.69 Å². The Balaban J connectivity index is 1.34. The monoisotopic (exact) mass is 427 g/mol. The van der Waals surface area contributed by atoms with Crippen LogP contribution in [0.2, 0.25) is 5.02 Å². The molecule has 3 fully saturated rings. The second-order valence-corrected chi connectivity index (χ2v) is 7.97. The number of carbonyl (C=O) groups is 3. The molecular formula is C17H15BrClNO5. The summed E-state index contributed by atoms with van der Waals surface area (Å²) in [7, 11) is 0. The van der Waals surface area contributed by atoms with Crippen LogP contribution in [0.5, 0.6) is 0 Å². The molecule has 1 aliphatic heterocycles. The third-order valence-corrected chi connectivity index (χ3v) is 6.54. The Morgan fingerprint density at radius 3 is 2.92 bits per heavy atom. The van der Waals surface area contributed by atoms with E-state index in [0.29, 0.717) is 10.7 Å². The average molecular weight is 429 g/mol. The summed E-state index contributed by atoms with van der Waals surface area (Å²) in [6.45, 7) is -0.397. The highest BCUT2D eigenvalue weighted by Gasteiger charge is 2.64. The molecule has 1 aromatic carbocycles. The number of amides is 1. The van der Waals surface area contributed by atoms with Crippen molar-refractivity contribution in [1.82, 2.24) is 0 Å². The van der Waals surface area contributed by atoms with Gasteiger partial charge < -0.3 is 14.8 Å². The Kier molecular flexibility index (Phi) is 4.24. The van der Waals surface area contributed by atoms with Gasteiger partial charge in [0.2, 0.25) is 0 Å². The summed E-state index contributed by atoms with van der Waals surface area (Å²) in [6.07, 6.45) is 1.51. The second kappa shape index (κ2) is 6.29. The van der Waals surface area contributed by atoms with Gasteiger partial charge in [0.25, 0.3) is 5.91 Å². The first-order valence-corrected chi connectivity index (χ1v) is 9.23. The summed E-state index contributed by atoms with van der Waals surface area (Å²) in [5.74, 6) is -1.87. The number of ether oxygens (including phenoxy) is 2. The van der Waals surface area contributed by atoms with E-state index in [0.717, 1.165) is 17.3 Å². The minimum Gasteiger partial charge on any atom is -0.462 e. The number of carbonyl (C=O) groups excluding carboxylic acids is 3. The van der Waals surface area contributed by atoms with Gasteiger partial charge in [-0.1, -0.05) is 11.6 Å². The highest BCUT2D eigenvalue weighted by atomic mass is 79.9. The van der Waals surface area contributed by atoms with E-state index in [4.69, 9.17) is 21.1 Å². The van der Waals surface area contributed by atoms with Gasteiger partial charge in [-0.2, -0.15) is 0 Å². The molecule has 0 aromatic heterocycles. The minimum absolute atomic E-state index is 0.0306. The number of benzene rings is 1. The molecule has 0 radical (unpaired) electrons. The number of rotatable bonds is 4. The van der Waals surface area contributed by atoms with Crippen molar-refractivity contribution in [1.29, 1.82) is 0 Å². The maximum Gasteiger partial charge on any atom is 0.310 e. The molecule has 1 aromatic rings. The van der Waals surface area contributed by atoms with Crippen LogP contribution >= 0.6 is 27.5 Å². The van der Waals surface area contributed by atoms with E-state index in [1.54, 1.807) is 18.2 Å². The molecule has 8 heteroatoms. The maximum atomic E-state index is 12.4. The van der Waals surface area contributed by atoms with E-state index < -0.39 is 30.3 Å². The van der Waals surface area contributed by atoms with E-state index in [1.165, 1.54) is 0 Å². The molecule has 1 saturated heterocycles. The lowest BCUT2D eigenvalue weighted by molar-refractivity contribution is -0.157. The molecule has 2 aliphatic carbocycles. The minimum atomic E-state index is -0.487. The SMILES string of the molecule is O=C(COC(=O)[C@@H]1[C@@H]2C[C@@H]3[C@H]1C(=O)O[C@@H]3C2)Nc1ccc(Br)c(Cl)c1. The fourth-order valence-electron chi connectivity index (χ4n) is 4.33. The molecule has 0 spiro atoms. The summed E-state index contributed by atoms with van der Waals surface area (Å²) in [6, 6.07) is 4.98. The maximum absolute atomic E-state index is 12.4. The molecule has 2 saturated carbocycles. The van der Waals surface area contributed by atoms with Crippen molar-refractivity contribution in [2.45, 2.75) is 18.9 Å². The molecule has 2 bridgehead atoms. The molecule has 1 N–H and O–H groups in total. The van der Waals surface area contributed by atoms with Gasteiger partial charge in [0, 0.05) is 16.1 Å². The predicted molar refractivity (Wildman–Crippen MR) is 91.8 cm³/mol. The van der Waals surface area contributed by atoms with Gasteiger partial charge in [-0.25, -0.2) is 0 Å². The molecule has 1 heterocycles. The molecule has 132 valence electrons. The standard InChI is InChI=1S/C17H15BrClNO5/c18-10-2-1-8(5-11(10)19)20-13(21)6-24-16(22)14-7-3-9-12(4-7)25-17(23)15(9)14/h1-2,5,7,9,12,14-15H,3-4,6H2,(H,20,21)/t7-,9+,12-,14-,15-/m1/s1. The van der Waals surface area contributed by atoms with Crippen molar-refractivity contribution in [3.05, 3.63) is 27.7 Å². The molecule has 1 amide bonds. The fraction of sp³-hybridized carbons (Fsp3) is 0.471. The van der Waals surface area contributed by atoms with Crippen LogP contribution < -0.4 is 5.32 Å². The van der Waals surface area contributed by atoms with E-state index >= 15 is 0 Å². The molecule has 5 atom stereocenters. The Hall–Kier alpha value is -1.60. The Labute approximate surface area is 157 Å². The van der Waals surface area contributed by atoms with Gasteiger partial charge in [0.1, 0.15) is 6.10 Å². The van der Waals surface area contributed by atoms with Crippen molar-refractivity contribution in [3.63, 3.8) is 0 Å². The summed E-state index contributed by atoms with van der Waals surface area (Å²) in [5, 5.41) is 3.08. The number of anilines is 1. The zero-order valence-electron chi connectivity index (χ0n) is 13.0. The lowest BCUT2D eigenvalue weighted by atomic mass is 9.80. The summed E-state index contributed by atoms with van der Waals surface area (Å²) in [4.78, 5) is 36.3. The third kappa shape index (κ3) is 2.93. The largest absolute Gasteiger partial charge is 0.462 e. The Bertz CT molecular complexity index is 767. The van der Waals surface area contributed by atoms with Crippen LogP contribution in [-0.2, 0) is 23.9 Å². The zero-order chi connectivity index (χ0) is 17.7. The van der Waals surface area contributed by atoms with Crippen LogP contribution in [0, 0.1) is 23.7 Å². The fourth-order valence-corrected chi connectivity index (χ4v) is 4.76. The number of hydrogen-bond donors (Lipinski definition) is 1. The number of hydrogen-bond acceptors (Lipinski definition) is 5. The quantitative estimate of drug-likeness (QED) is 0.746. The molecular weight excluding hydrogens is 414 g/mol. The first kappa shape index (κ1) is 16.8. The van der Waals surface area contributed by atoms with Crippen LogP contribution in [0.15, 0.2) is 22.7 Å². The second-order valence-electron chi connectivity index (χ2n) is 6.71. The topological polar surface area (TPSA) is 81.7 Å². The van der Waals surface area contributed by atoms with Crippen molar-refractivity contribution < 1.29 is 23.9 Å². The zero-order valence-corrected chi connectivity index (χ0v) is 15.4. The first-order valence-electron chi connectivity index (χ1n) is 8.06. The highest BCUT2D eigenvalue weighted by Crippen LogP contribution is 2.57. The third-order valence-electron chi connectivity index (χ3n) is 5.30. The van der Waals surface area contributed by atoms with Gasteiger partial charge in [-0.15, -0.1) is 0 Å². The summed E-state index contributed by atoms with van der Waals surface area (Å²) >= 11 is 9.24. The normalized spacial score (nSPS) is 31.8. The van der Waals surface area contributed by atoms with Gasteiger partial charge in [0.05, 0.1) is 16.9 Å². The molecule has 4 rings (SSSR count). The number of nitrogens with one attached hydrogen (secondary N) is 1. The highest BCUT2D eigenvalue weighted by molar-refractivity contribution is 9.10. The van der Waals surface area contributed by atoms with E-state index in [2.05, 4.69) is 21.2 Å². The van der Waals surface area contributed by atoms with Crippen LogP contribution in [-0.4, -0.2) is 30.6 Å². The summed E-state index contributed by atoms with van der Waals surface area (Å²) in [5.41, 5.74) is 0.511. The van der Waals surface area contributed by atoms with Crippen LogP contribution in [0.25, 0.3) is 0 Å². The van der Waals surface area contributed by atoms with Gasteiger partial charge in [-0.05, 0) is 52.9 Å². The molecule has 3 aliphatic rings. The Morgan fingerprint density at radius 1 is 1.36 bits per heavy atom. The van der Waals surface area contributed by atoms with Gasteiger partial charge >= 0.3 is 11.9 Å². The van der Waals surface area contributed by atoms with E-state index in [-0.39, 0.29) is 23.9 Å². The number of fused-ring (bicyclic) bond motifs is 1. The number of halogens is 2. The van der Waals surface area contributed by atoms with E-state index in [9.17, 15) is 14.4 Å². The molecule has 25 heavy (non-hydrogen) atoms. The van der Waals surface area contributed by atoms with Gasteiger partial charge in [0.15, 0.2) is 6.61 Å². The summed E-state index contributed by atoms with van der Waals surface area (Å²) < 4.78 is 11.2. The number of esters is 2. The lowest BCUT2D eigenvalue weighted by Gasteiger charge is -2.22. The van der Waals surface area contributed by atoms with Crippen molar-refractivity contribution >= 4 is 51.1 Å². The first-order chi connectivity index (χ1) is 11.9. The van der Waals surface area contributed by atoms with Crippen LogP contribution in [0.1, 0.15) is 12.8 Å². The van der Waals surface area contributed by atoms with Crippen LogP contribution in [0.3, 0.4) is 0 Å². The molecule has 6 nitrogen and oxygen atoms in total. The molecule has 0 unspecified atom stereocenters. The van der Waals surface area contributed by atoms with Crippen molar-refractivity contribution in [2.24, 2.45) is 23.7 Å². The van der Waals surface area contributed by atoms with Crippen molar-refractivity contribution in [3.8, 4) is 0 Å². The average Bonchev–Trinajstić information content (AvgIpc) is 3.18. The van der Waals surface area contributed by atoms with E-state index in [1.807, 2.05) is 0 Å².